The van der Waals surface area contributed by atoms with Gasteiger partial charge in [0.25, 0.3) is 5.22 Å². The first-order valence-corrected chi connectivity index (χ1v) is 11.7. The van der Waals surface area contributed by atoms with Crippen molar-refractivity contribution in [3.8, 4) is 34.8 Å². The molecule has 0 bridgehead atoms. The first kappa shape index (κ1) is 24.9. The fraction of sp³-hybridized carbons (Fsp3) is 0.333. The Labute approximate surface area is 202 Å². The summed E-state index contributed by atoms with van der Waals surface area (Å²) >= 11 is 1.13. The predicted octanol–water partition coefficient (Wildman–Crippen LogP) is 4.92. The molecule has 3 aromatic rings. The number of nitriles is 1. The van der Waals surface area contributed by atoms with Gasteiger partial charge in [0, 0.05) is 11.3 Å². The molecule has 1 aromatic heterocycles. The second-order valence-corrected chi connectivity index (χ2v) is 8.21. The van der Waals surface area contributed by atoms with Gasteiger partial charge < -0.3 is 23.9 Å². The molecule has 10 heteroatoms. The van der Waals surface area contributed by atoms with Gasteiger partial charge in [-0.15, -0.1) is 10.2 Å². The SMILES string of the molecule is CCOc1cc(-c2nnc(S[C@H](C)C(=O)Nc3cccc(C#N)c3)o2)cc(OCC)c1OCC. The highest BCUT2D eigenvalue weighted by Crippen LogP contribution is 2.42. The third-order valence-corrected chi connectivity index (χ3v) is 5.40. The largest absolute Gasteiger partial charge is 0.490 e. The van der Waals surface area contributed by atoms with Crippen LogP contribution in [-0.2, 0) is 4.79 Å². The van der Waals surface area contributed by atoms with Gasteiger partial charge in [0.1, 0.15) is 0 Å². The van der Waals surface area contributed by atoms with Crippen LogP contribution in [-0.4, -0.2) is 41.2 Å². The molecule has 0 fully saturated rings. The number of carbonyl (C=O) groups is 1. The highest BCUT2D eigenvalue weighted by atomic mass is 32.2. The van der Waals surface area contributed by atoms with Crippen LogP contribution in [0.5, 0.6) is 17.2 Å². The molecule has 0 aliphatic carbocycles. The molecule has 0 radical (unpaired) electrons. The number of benzene rings is 2. The average molecular weight is 483 g/mol. The van der Waals surface area contributed by atoms with Crippen molar-refractivity contribution in [3.63, 3.8) is 0 Å². The van der Waals surface area contributed by atoms with Gasteiger partial charge in [0.2, 0.25) is 17.5 Å². The molecule has 0 aliphatic rings. The first-order chi connectivity index (χ1) is 16.5. The van der Waals surface area contributed by atoms with E-state index in [-0.39, 0.29) is 17.0 Å². The van der Waals surface area contributed by atoms with E-state index in [0.717, 1.165) is 11.8 Å². The van der Waals surface area contributed by atoms with Crippen LogP contribution >= 0.6 is 11.8 Å². The number of hydrogen-bond donors (Lipinski definition) is 1. The lowest BCUT2D eigenvalue weighted by Crippen LogP contribution is -2.22. The Bertz CT molecular complexity index is 1150. The van der Waals surface area contributed by atoms with Gasteiger partial charge in [-0.05, 0) is 58.0 Å². The lowest BCUT2D eigenvalue weighted by Gasteiger charge is -2.16. The lowest BCUT2D eigenvalue weighted by atomic mass is 10.2. The van der Waals surface area contributed by atoms with Crippen LogP contribution in [0.15, 0.2) is 46.0 Å². The molecule has 34 heavy (non-hydrogen) atoms. The molecule has 0 spiro atoms. The van der Waals surface area contributed by atoms with Crippen LogP contribution in [0.2, 0.25) is 0 Å². The summed E-state index contributed by atoms with van der Waals surface area (Å²) in [5.74, 6) is 1.57. The second-order valence-electron chi connectivity index (χ2n) is 6.92. The molecule has 0 aliphatic heterocycles. The molecule has 0 saturated carbocycles. The highest BCUT2D eigenvalue weighted by molar-refractivity contribution is 8.00. The van der Waals surface area contributed by atoms with Gasteiger partial charge in [-0.25, -0.2) is 0 Å². The van der Waals surface area contributed by atoms with Crippen LogP contribution in [0.3, 0.4) is 0 Å². The number of thioether (sulfide) groups is 1. The van der Waals surface area contributed by atoms with Crippen molar-refractivity contribution in [1.29, 1.82) is 5.26 Å². The van der Waals surface area contributed by atoms with E-state index in [4.69, 9.17) is 23.9 Å². The van der Waals surface area contributed by atoms with Crippen LogP contribution < -0.4 is 19.5 Å². The fourth-order valence-corrected chi connectivity index (χ4v) is 3.68. The van der Waals surface area contributed by atoms with E-state index >= 15 is 0 Å². The quantitative estimate of drug-likeness (QED) is 0.380. The van der Waals surface area contributed by atoms with E-state index < -0.39 is 5.25 Å². The van der Waals surface area contributed by atoms with E-state index in [9.17, 15) is 4.79 Å². The normalized spacial score (nSPS) is 11.4. The van der Waals surface area contributed by atoms with Crippen molar-refractivity contribution in [1.82, 2.24) is 10.2 Å². The number of aromatic nitrogens is 2. The monoisotopic (exact) mass is 482 g/mol. The van der Waals surface area contributed by atoms with Crippen LogP contribution in [0, 0.1) is 11.3 Å². The number of ether oxygens (including phenoxy) is 3. The van der Waals surface area contributed by atoms with Crippen molar-refractivity contribution in [3.05, 3.63) is 42.0 Å². The van der Waals surface area contributed by atoms with E-state index in [1.165, 1.54) is 0 Å². The smallest absolute Gasteiger partial charge is 0.277 e. The Kier molecular flexibility index (Phi) is 8.76. The number of hydrogen-bond acceptors (Lipinski definition) is 9. The van der Waals surface area contributed by atoms with Gasteiger partial charge in [0.15, 0.2) is 11.5 Å². The molecule has 1 atom stereocenters. The summed E-state index contributed by atoms with van der Waals surface area (Å²) < 4.78 is 23.0. The highest BCUT2D eigenvalue weighted by Gasteiger charge is 2.21. The van der Waals surface area contributed by atoms with Crippen molar-refractivity contribution in [2.24, 2.45) is 0 Å². The van der Waals surface area contributed by atoms with Crippen LogP contribution in [0.4, 0.5) is 5.69 Å². The van der Waals surface area contributed by atoms with Gasteiger partial charge in [-0.1, -0.05) is 17.8 Å². The Balaban J connectivity index is 1.77. The molecule has 3 rings (SSSR count). The van der Waals surface area contributed by atoms with Crippen LogP contribution in [0.1, 0.15) is 33.3 Å². The molecule has 0 saturated heterocycles. The van der Waals surface area contributed by atoms with Gasteiger partial charge >= 0.3 is 0 Å². The molecular formula is C24H26N4O5S. The zero-order chi connectivity index (χ0) is 24.5. The molecule has 1 heterocycles. The predicted molar refractivity (Wildman–Crippen MR) is 128 cm³/mol. The Morgan fingerprint density at radius 2 is 1.76 bits per heavy atom. The molecule has 9 nitrogen and oxygen atoms in total. The summed E-state index contributed by atoms with van der Waals surface area (Å²) in [6.07, 6.45) is 0. The third kappa shape index (κ3) is 6.20. The Morgan fingerprint density at radius 3 is 2.38 bits per heavy atom. The van der Waals surface area contributed by atoms with Crippen molar-refractivity contribution in [2.45, 2.75) is 38.2 Å². The molecule has 2 aromatic carbocycles. The number of amides is 1. The molecule has 178 valence electrons. The minimum Gasteiger partial charge on any atom is -0.490 e. The van der Waals surface area contributed by atoms with Gasteiger partial charge in [0.05, 0.1) is 36.7 Å². The lowest BCUT2D eigenvalue weighted by molar-refractivity contribution is -0.115. The zero-order valence-corrected chi connectivity index (χ0v) is 20.3. The summed E-state index contributed by atoms with van der Waals surface area (Å²) in [7, 11) is 0. The van der Waals surface area contributed by atoms with Gasteiger partial charge in [-0.3, -0.25) is 4.79 Å². The maximum atomic E-state index is 12.6. The zero-order valence-electron chi connectivity index (χ0n) is 19.5. The fourth-order valence-electron chi connectivity index (χ4n) is 3.00. The first-order valence-electron chi connectivity index (χ1n) is 10.9. The molecular weight excluding hydrogens is 456 g/mol. The second kappa shape index (κ2) is 12.0. The number of nitrogens with one attached hydrogen (secondary N) is 1. The molecule has 1 N–H and O–H groups in total. The molecule has 0 unspecified atom stereocenters. The topological polar surface area (TPSA) is 120 Å². The summed E-state index contributed by atoms with van der Waals surface area (Å²) in [6, 6.07) is 12.3. The standard InChI is InChI=1S/C24H26N4O5S/c1-5-30-19-12-17(13-20(31-6-2)21(19)32-7-3)23-27-28-24(33-23)34-15(4)22(29)26-18-10-8-9-16(11-18)14-25/h8-13,15H,5-7H2,1-4H3,(H,26,29)/t15-/m1/s1. The number of anilines is 1. The third-order valence-electron chi connectivity index (χ3n) is 4.47. The summed E-state index contributed by atoms with van der Waals surface area (Å²) in [4.78, 5) is 12.6. The van der Waals surface area contributed by atoms with E-state index in [2.05, 4.69) is 15.5 Å². The summed E-state index contributed by atoms with van der Waals surface area (Å²) in [5, 5.41) is 19.7. The Morgan fingerprint density at radius 1 is 1.09 bits per heavy atom. The van der Waals surface area contributed by atoms with Crippen molar-refractivity contribution >= 4 is 23.4 Å². The van der Waals surface area contributed by atoms with E-state index in [1.54, 1.807) is 43.3 Å². The molecule has 1 amide bonds. The summed E-state index contributed by atoms with van der Waals surface area (Å²) in [6.45, 7) is 8.74. The van der Waals surface area contributed by atoms with Crippen LogP contribution in [0.25, 0.3) is 11.5 Å². The van der Waals surface area contributed by atoms with Gasteiger partial charge in [-0.2, -0.15) is 5.26 Å². The minimum atomic E-state index is -0.516. The maximum Gasteiger partial charge on any atom is 0.277 e. The maximum absolute atomic E-state index is 12.6. The number of rotatable bonds is 11. The number of carbonyl (C=O) groups excluding carboxylic acids is 1. The van der Waals surface area contributed by atoms with Crippen molar-refractivity contribution in [2.75, 3.05) is 25.1 Å². The van der Waals surface area contributed by atoms with Crippen molar-refractivity contribution < 1.29 is 23.4 Å². The Hall–Kier alpha value is -3.71. The van der Waals surface area contributed by atoms with E-state index in [1.807, 2.05) is 26.8 Å². The van der Waals surface area contributed by atoms with E-state index in [0.29, 0.717) is 53.9 Å². The minimum absolute atomic E-state index is 0.244. The average Bonchev–Trinajstić information content (AvgIpc) is 3.29. The number of nitrogens with zero attached hydrogens (tertiary/aromatic N) is 3. The summed E-state index contributed by atoms with van der Waals surface area (Å²) in [5.41, 5.74) is 1.62.